The lowest BCUT2D eigenvalue weighted by Crippen LogP contribution is -2.63. The van der Waals surface area contributed by atoms with Crippen molar-refractivity contribution in [1.82, 2.24) is 5.32 Å². The van der Waals surface area contributed by atoms with Crippen LogP contribution in [0.15, 0.2) is 0 Å². The van der Waals surface area contributed by atoms with Gasteiger partial charge in [-0.3, -0.25) is 0 Å². The van der Waals surface area contributed by atoms with Gasteiger partial charge in [0.05, 0.1) is 12.2 Å². The molecule has 2 rings (SSSR count). The monoisotopic (exact) mass is 295 g/mol. The first-order chi connectivity index (χ1) is 9.98. The maximum atomic E-state index is 6.76. The van der Waals surface area contributed by atoms with E-state index in [4.69, 9.17) is 4.74 Å². The third-order valence-corrected chi connectivity index (χ3v) is 6.75. The fourth-order valence-corrected chi connectivity index (χ4v) is 5.02. The molecule has 0 aliphatic heterocycles. The van der Waals surface area contributed by atoms with Crippen molar-refractivity contribution in [3.63, 3.8) is 0 Å². The van der Waals surface area contributed by atoms with Gasteiger partial charge in [0, 0.05) is 11.5 Å². The van der Waals surface area contributed by atoms with Crippen molar-refractivity contribution >= 4 is 0 Å². The van der Waals surface area contributed by atoms with E-state index in [1.807, 2.05) is 0 Å². The van der Waals surface area contributed by atoms with E-state index in [0.29, 0.717) is 23.7 Å². The van der Waals surface area contributed by atoms with Gasteiger partial charge in [-0.05, 0) is 56.9 Å². The molecule has 0 bridgehead atoms. The van der Waals surface area contributed by atoms with Gasteiger partial charge in [-0.1, -0.05) is 41.0 Å². The van der Waals surface area contributed by atoms with Gasteiger partial charge in [-0.2, -0.15) is 0 Å². The molecule has 124 valence electrons. The van der Waals surface area contributed by atoms with Crippen molar-refractivity contribution in [2.24, 2.45) is 23.2 Å². The average molecular weight is 296 g/mol. The van der Waals surface area contributed by atoms with Crippen LogP contribution >= 0.6 is 0 Å². The highest BCUT2D eigenvalue weighted by Gasteiger charge is 2.54. The minimum absolute atomic E-state index is 0.372. The first-order valence-electron chi connectivity index (χ1n) is 9.31. The Morgan fingerprint density at radius 1 is 1.14 bits per heavy atom. The van der Waals surface area contributed by atoms with Crippen LogP contribution < -0.4 is 5.32 Å². The van der Waals surface area contributed by atoms with Gasteiger partial charge in [-0.15, -0.1) is 0 Å². The average Bonchev–Trinajstić information content (AvgIpc) is 2.44. The first kappa shape index (κ1) is 17.3. The smallest absolute Gasteiger partial charge is 0.0664 e. The van der Waals surface area contributed by atoms with Crippen LogP contribution in [0.1, 0.15) is 73.1 Å². The summed E-state index contributed by atoms with van der Waals surface area (Å²) in [6.45, 7) is 11.8. The second-order valence-corrected chi connectivity index (χ2v) is 8.01. The Bertz CT molecular complexity index is 324. The van der Waals surface area contributed by atoms with Crippen LogP contribution in [-0.2, 0) is 4.74 Å². The van der Waals surface area contributed by atoms with E-state index in [9.17, 15) is 0 Å². The maximum Gasteiger partial charge on any atom is 0.0664 e. The Labute approximate surface area is 132 Å². The molecule has 0 amide bonds. The third-order valence-electron chi connectivity index (χ3n) is 6.75. The molecule has 0 aromatic carbocycles. The second kappa shape index (κ2) is 7.00. The molecule has 0 aromatic heterocycles. The zero-order valence-electron chi connectivity index (χ0n) is 15.1. The lowest BCUT2D eigenvalue weighted by Gasteiger charge is -2.57. The molecule has 1 N–H and O–H groups in total. The van der Waals surface area contributed by atoms with Crippen LogP contribution in [0.2, 0.25) is 0 Å². The number of nitrogens with one attached hydrogen (secondary N) is 1. The summed E-state index contributed by atoms with van der Waals surface area (Å²) < 4.78 is 6.76. The zero-order chi connectivity index (χ0) is 15.6. The van der Waals surface area contributed by atoms with Crippen molar-refractivity contribution < 1.29 is 4.74 Å². The van der Waals surface area contributed by atoms with Crippen LogP contribution in [-0.4, -0.2) is 25.3 Å². The Morgan fingerprint density at radius 2 is 1.81 bits per heavy atom. The minimum atomic E-state index is 0.372. The lowest BCUT2D eigenvalue weighted by molar-refractivity contribution is -0.189. The summed E-state index contributed by atoms with van der Waals surface area (Å²) in [6.07, 6.45) is 8.65. The Hall–Kier alpha value is -0.0800. The number of rotatable bonds is 6. The number of ether oxygens (including phenoxy) is 1. The van der Waals surface area contributed by atoms with E-state index in [2.05, 4.69) is 47.0 Å². The lowest BCUT2D eigenvalue weighted by atomic mass is 9.58. The minimum Gasteiger partial charge on any atom is -0.374 e. The Balaban J connectivity index is 2.05. The highest BCUT2D eigenvalue weighted by atomic mass is 16.5. The van der Waals surface area contributed by atoms with E-state index in [1.165, 1.54) is 38.5 Å². The quantitative estimate of drug-likeness (QED) is 0.771. The van der Waals surface area contributed by atoms with E-state index in [1.54, 1.807) is 0 Å². The molecule has 0 radical (unpaired) electrons. The van der Waals surface area contributed by atoms with E-state index in [0.717, 1.165) is 17.8 Å². The van der Waals surface area contributed by atoms with E-state index < -0.39 is 0 Å². The topological polar surface area (TPSA) is 21.3 Å². The van der Waals surface area contributed by atoms with E-state index >= 15 is 0 Å². The summed E-state index contributed by atoms with van der Waals surface area (Å²) in [6, 6.07) is 0.649. The normalized spacial score (nSPS) is 39.3. The van der Waals surface area contributed by atoms with Crippen LogP contribution in [0.5, 0.6) is 0 Å². The Morgan fingerprint density at radius 3 is 2.33 bits per heavy atom. The van der Waals surface area contributed by atoms with Gasteiger partial charge in [-0.25, -0.2) is 0 Å². The summed E-state index contributed by atoms with van der Waals surface area (Å²) in [4.78, 5) is 0. The van der Waals surface area contributed by atoms with Crippen molar-refractivity contribution in [3.05, 3.63) is 0 Å². The largest absolute Gasteiger partial charge is 0.374 e. The highest BCUT2D eigenvalue weighted by Crippen LogP contribution is 2.50. The van der Waals surface area contributed by atoms with Gasteiger partial charge in [0.25, 0.3) is 0 Å². The van der Waals surface area contributed by atoms with E-state index in [-0.39, 0.29) is 0 Å². The standard InChI is InChI=1S/C19H37NO/c1-7-19(8-2)17(20-6)12-18(19)21-16-11-14(5)9-10-15(16)13(3)4/h13-18,20H,7-12H2,1-6H3. The fourth-order valence-electron chi connectivity index (χ4n) is 5.02. The molecule has 2 fully saturated rings. The van der Waals surface area contributed by atoms with Gasteiger partial charge in [0.2, 0.25) is 0 Å². The molecule has 0 aromatic rings. The first-order valence-corrected chi connectivity index (χ1v) is 9.31. The molecule has 0 spiro atoms. The van der Waals surface area contributed by atoms with Crippen LogP contribution in [0.25, 0.3) is 0 Å². The van der Waals surface area contributed by atoms with Crippen molar-refractivity contribution in [2.75, 3.05) is 7.05 Å². The van der Waals surface area contributed by atoms with Gasteiger partial charge in [0.1, 0.15) is 0 Å². The van der Waals surface area contributed by atoms with Gasteiger partial charge < -0.3 is 10.1 Å². The molecule has 0 saturated heterocycles. The van der Waals surface area contributed by atoms with Crippen LogP contribution in [0.3, 0.4) is 0 Å². The summed E-state index contributed by atoms with van der Waals surface area (Å²) >= 11 is 0. The molecule has 2 nitrogen and oxygen atoms in total. The van der Waals surface area contributed by atoms with Crippen molar-refractivity contribution in [2.45, 2.75) is 91.4 Å². The molecule has 21 heavy (non-hydrogen) atoms. The summed E-state index contributed by atoms with van der Waals surface area (Å²) in [5.74, 6) is 2.35. The van der Waals surface area contributed by atoms with Crippen molar-refractivity contribution in [1.29, 1.82) is 0 Å². The molecule has 2 aliphatic rings. The molecule has 5 unspecified atom stereocenters. The van der Waals surface area contributed by atoms with Crippen LogP contribution in [0, 0.1) is 23.2 Å². The Kier molecular flexibility index (Phi) is 5.76. The fraction of sp³-hybridized carbons (Fsp3) is 1.00. The SMILES string of the molecule is CCC1(CC)C(NC)CC1OC1CC(C)CCC1C(C)C. The summed E-state index contributed by atoms with van der Waals surface area (Å²) in [5.41, 5.74) is 0.372. The number of hydrogen-bond acceptors (Lipinski definition) is 2. The zero-order valence-corrected chi connectivity index (χ0v) is 15.1. The van der Waals surface area contributed by atoms with Crippen molar-refractivity contribution in [3.8, 4) is 0 Å². The maximum absolute atomic E-state index is 6.76. The third kappa shape index (κ3) is 3.17. The van der Waals surface area contributed by atoms with Gasteiger partial charge >= 0.3 is 0 Å². The predicted molar refractivity (Wildman–Crippen MR) is 90.5 cm³/mol. The second-order valence-electron chi connectivity index (χ2n) is 8.01. The molecule has 5 atom stereocenters. The molecule has 2 aliphatic carbocycles. The summed E-state index contributed by atoms with van der Waals surface area (Å²) in [5, 5.41) is 3.52. The molecule has 2 saturated carbocycles. The van der Waals surface area contributed by atoms with Gasteiger partial charge in [0.15, 0.2) is 0 Å². The molecular formula is C19H37NO. The molecule has 0 heterocycles. The molecular weight excluding hydrogens is 258 g/mol. The number of hydrogen-bond donors (Lipinski definition) is 1. The highest BCUT2D eigenvalue weighted by molar-refractivity contribution is 5.07. The predicted octanol–water partition coefficient (Wildman–Crippen LogP) is 4.63. The van der Waals surface area contributed by atoms with Crippen LogP contribution in [0.4, 0.5) is 0 Å². The molecule has 2 heteroatoms. The summed E-state index contributed by atoms with van der Waals surface area (Å²) in [7, 11) is 2.11.